The Labute approximate surface area is 122 Å². The van der Waals surface area contributed by atoms with Gasteiger partial charge in [-0.1, -0.05) is 13.8 Å². The summed E-state index contributed by atoms with van der Waals surface area (Å²) in [6.07, 6.45) is 2.24. The van der Waals surface area contributed by atoms with E-state index in [1.165, 1.54) is 12.0 Å². The van der Waals surface area contributed by atoms with Crippen LogP contribution in [-0.2, 0) is 6.42 Å². The maximum atomic E-state index is 5.68. The zero-order chi connectivity index (χ0) is 14.4. The molecule has 20 heavy (non-hydrogen) atoms. The molecule has 0 spiro atoms. The van der Waals surface area contributed by atoms with E-state index in [-0.39, 0.29) is 0 Å². The van der Waals surface area contributed by atoms with Gasteiger partial charge in [-0.3, -0.25) is 0 Å². The first-order chi connectivity index (χ1) is 9.78. The van der Waals surface area contributed by atoms with Crippen LogP contribution >= 0.6 is 0 Å². The van der Waals surface area contributed by atoms with Crippen molar-refractivity contribution in [1.82, 2.24) is 4.90 Å². The number of benzene rings is 1. The van der Waals surface area contributed by atoms with Crippen molar-refractivity contribution in [2.75, 3.05) is 45.2 Å². The van der Waals surface area contributed by atoms with Crippen LogP contribution in [-0.4, -0.2) is 44.8 Å². The number of methoxy groups -OCH3 is 1. The predicted octanol–water partition coefficient (Wildman–Crippen LogP) is 2.77. The number of ether oxygens (including phenoxy) is 2. The monoisotopic (exact) mass is 278 g/mol. The Kier molecular flexibility index (Phi) is 5.53. The molecule has 112 valence electrons. The number of hydrogen-bond donors (Lipinski definition) is 1. The number of aryl methyl sites for hydroxylation is 1. The summed E-state index contributed by atoms with van der Waals surface area (Å²) in [6.45, 7) is 9.39. The fourth-order valence-corrected chi connectivity index (χ4v) is 2.62. The summed E-state index contributed by atoms with van der Waals surface area (Å²) < 4.78 is 11.1. The van der Waals surface area contributed by atoms with Gasteiger partial charge in [0.05, 0.1) is 12.8 Å². The second-order valence-corrected chi connectivity index (χ2v) is 5.08. The molecule has 1 aliphatic heterocycles. The SMILES string of the molecule is CCN(CC)CCCc1cc2c(c(OC)c1)OCCN2. The lowest BCUT2D eigenvalue weighted by Crippen LogP contribution is -2.24. The minimum atomic E-state index is 0.699. The Hall–Kier alpha value is -1.42. The van der Waals surface area contributed by atoms with E-state index in [4.69, 9.17) is 9.47 Å². The third-order valence-electron chi connectivity index (χ3n) is 3.83. The number of fused-ring (bicyclic) bond motifs is 1. The molecule has 0 aromatic heterocycles. The molecule has 1 N–H and O–H groups in total. The van der Waals surface area contributed by atoms with Crippen molar-refractivity contribution in [2.45, 2.75) is 26.7 Å². The van der Waals surface area contributed by atoms with E-state index in [2.05, 4.69) is 36.2 Å². The van der Waals surface area contributed by atoms with Crippen molar-refractivity contribution in [1.29, 1.82) is 0 Å². The molecule has 2 rings (SSSR count). The number of anilines is 1. The maximum Gasteiger partial charge on any atom is 0.184 e. The highest BCUT2D eigenvalue weighted by Gasteiger charge is 2.16. The molecule has 0 atom stereocenters. The summed E-state index contributed by atoms with van der Waals surface area (Å²) in [5.41, 5.74) is 2.37. The molecule has 0 fully saturated rings. The van der Waals surface area contributed by atoms with E-state index in [0.717, 1.165) is 49.8 Å². The lowest BCUT2D eigenvalue weighted by Gasteiger charge is -2.22. The molecule has 0 radical (unpaired) electrons. The van der Waals surface area contributed by atoms with Crippen molar-refractivity contribution in [3.05, 3.63) is 17.7 Å². The third-order valence-corrected chi connectivity index (χ3v) is 3.83. The van der Waals surface area contributed by atoms with Gasteiger partial charge < -0.3 is 19.7 Å². The summed E-state index contributed by atoms with van der Waals surface area (Å²) in [7, 11) is 1.70. The number of nitrogens with zero attached hydrogens (tertiary/aromatic N) is 1. The highest BCUT2D eigenvalue weighted by atomic mass is 16.5. The van der Waals surface area contributed by atoms with E-state index in [1.54, 1.807) is 7.11 Å². The largest absolute Gasteiger partial charge is 0.493 e. The van der Waals surface area contributed by atoms with Crippen LogP contribution in [0.4, 0.5) is 5.69 Å². The number of nitrogens with one attached hydrogen (secondary N) is 1. The van der Waals surface area contributed by atoms with Crippen LogP contribution in [0, 0.1) is 0 Å². The Morgan fingerprint density at radius 2 is 2.10 bits per heavy atom. The molecule has 1 aliphatic rings. The van der Waals surface area contributed by atoms with Crippen LogP contribution < -0.4 is 14.8 Å². The minimum Gasteiger partial charge on any atom is -0.493 e. The van der Waals surface area contributed by atoms with Crippen LogP contribution in [0.3, 0.4) is 0 Å². The number of rotatable bonds is 7. The van der Waals surface area contributed by atoms with Crippen molar-refractivity contribution in [2.24, 2.45) is 0 Å². The smallest absolute Gasteiger partial charge is 0.184 e. The van der Waals surface area contributed by atoms with Gasteiger partial charge in [0.15, 0.2) is 11.5 Å². The van der Waals surface area contributed by atoms with E-state index in [9.17, 15) is 0 Å². The fourth-order valence-electron chi connectivity index (χ4n) is 2.62. The normalized spacial score (nSPS) is 13.6. The predicted molar refractivity (Wildman–Crippen MR) is 83.1 cm³/mol. The molecule has 0 bridgehead atoms. The van der Waals surface area contributed by atoms with Crippen molar-refractivity contribution >= 4 is 5.69 Å². The van der Waals surface area contributed by atoms with Crippen LogP contribution in [0.2, 0.25) is 0 Å². The molecule has 1 aromatic carbocycles. The molecule has 0 unspecified atom stereocenters. The van der Waals surface area contributed by atoms with Gasteiger partial charge in [0, 0.05) is 6.54 Å². The Balaban J connectivity index is 2.01. The molecule has 0 saturated heterocycles. The Bertz CT molecular complexity index is 413. The van der Waals surface area contributed by atoms with Gasteiger partial charge in [0.2, 0.25) is 0 Å². The third kappa shape index (κ3) is 3.57. The summed E-state index contributed by atoms with van der Waals surface area (Å²) >= 11 is 0. The van der Waals surface area contributed by atoms with Crippen molar-refractivity contribution < 1.29 is 9.47 Å². The van der Waals surface area contributed by atoms with Gasteiger partial charge in [0.1, 0.15) is 6.61 Å². The molecule has 4 heteroatoms. The van der Waals surface area contributed by atoms with E-state index in [1.807, 2.05) is 0 Å². The van der Waals surface area contributed by atoms with E-state index < -0.39 is 0 Å². The second-order valence-electron chi connectivity index (χ2n) is 5.08. The molecule has 0 saturated carbocycles. The second kappa shape index (κ2) is 7.39. The van der Waals surface area contributed by atoms with Crippen LogP contribution in [0.5, 0.6) is 11.5 Å². The summed E-state index contributed by atoms with van der Waals surface area (Å²) in [6, 6.07) is 4.30. The van der Waals surface area contributed by atoms with Crippen LogP contribution in [0.25, 0.3) is 0 Å². The van der Waals surface area contributed by atoms with Gasteiger partial charge in [-0.05, 0) is 50.2 Å². The average molecular weight is 278 g/mol. The highest BCUT2D eigenvalue weighted by Crippen LogP contribution is 2.38. The van der Waals surface area contributed by atoms with E-state index >= 15 is 0 Å². The molecule has 4 nitrogen and oxygen atoms in total. The molecular weight excluding hydrogens is 252 g/mol. The maximum absolute atomic E-state index is 5.68. The molecule has 1 aromatic rings. The van der Waals surface area contributed by atoms with Gasteiger partial charge >= 0.3 is 0 Å². The van der Waals surface area contributed by atoms with Crippen molar-refractivity contribution in [3.63, 3.8) is 0 Å². The zero-order valence-corrected chi connectivity index (χ0v) is 12.9. The first kappa shape index (κ1) is 15.0. The molecular formula is C16H26N2O2. The van der Waals surface area contributed by atoms with Gasteiger partial charge in [-0.15, -0.1) is 0 Å². The van der Waals surface area contributed by atoms with Crippen LogP contribution in [0.1, 0.15) is 25.8 Å². The van der Waals surface area contributed by atoms with Gasteiger partial charge in [0.25, 0.3) is 0 Å². The number of hydrogen-bond acceptors (Lipinski definition) is 4. The van der Waals surface area contributed by atoms with Crippen LogP contribution in [0.15, 0.2) is 12.1 Å². The van der Waals surface area contributed by atoms with Gasteiger partial charge in [-0.25, -0.2) is 0 Å². The summed E-state index contributed by atoms with van der Waals surface area (Å²) in [5, 5.41) is 3.38. The lowest BCUT2D eigenvalue weighted by atomic mass is 10.1. The topological polar surface area (TPSA) is 33.7 Å². The Morgan fingerprint density at radius 1 is 1.30 bits per heavy atom. The highest BCUT2D eigenvalue weighted by molar-refractivity contribution is 5.66. The summed E-state index contributed by atoms with van der Waals surface area (Å²) in [4.78, 5) is 2.46. The minimum absolute atomic E-state index is 0.699. The first-order valence-corrected chi connectivity index (χ1v) is 7.58. The average Bonchev–Trinajstić information content (AvgIpc) is 2.50. The zero-order valence-electron chi connectivity index (χ0n) is 12.9. The Morgan fingerprint density at radius 3 is 2.80 bits per heavy atom. The first-order valence-electron chi connectivity index (χ1n) is 7.58. The van der Waals surface area contributed by atoms with Gasteiger partial charge in [-0.2, -0.15) is 0 Å². The molecule has 0 amide bonds. The molecule has 0 aliphatic carbocycles. The van der Waals surface area contributed by atoms with E-state index in [0.29, 0.717) is 6.61 Å². The van der Waals surface area contributed by atoms with Crippen molar-refractivity contribution in [3.8, 4) is 11.5 Å². The quantitative estimate of drug-likeness (QED) is 0.831. The fraction of sp³-hybridized carbons (Fsp3) is 0.625. The standard InChI is InChI=1S/C16H26N2O2/c1-4-18(5-2)9-6-7-13-11-14-16(15(12-13)19-3)20-10-8-17-14/h11-12,17H,4-10H2,1-3H3. The summed E-state index contributed by atoms with van der Waals surface area (Å²) in [5.74, 6) is 1.69. The molecule has 1 heterocycles. The lowest BCUT2D eigenvalue weighted by molar-refractivity contribution is 0.296.